The molecule has 0 bridgehead atoms. The third-order valence-electron chi connectivity index (χ3n) is 9.37. The Bertz CT molecular complexity index is 736. The summed E-state index contributed by atoms with van der Waals surface area (Å²) in [6.07, 6.45) is 13.5. The first-order chi connectivity index (χ1) is 15.4. The van der Waals surface area contributed by atoms with Crippen LogP contribution in [-0.2, 0) is 0 Å². The largest absolute Gasteiger partial charge is 0.393 e. The van der Waals surface area contributed by atoms with Crippen LogP contribution in [0.25, 0.3) is 0 Å². The van der Waals surface area contributed by atoms with Gasteiger partial charge in [-0.25, -0.2) is 0 Å². The van der Waals surface area contributed by atoms with Gasteiger partial charge in [0.05, 0.1) is 12.2 Å². The second kappa shape index (κ2) is 11.6. The molecule has 33 heavy (non-hydrogen) atoms. The normalized spacial score (nSPS) is 31.8. The molecule has 2 saturated carbocycles. The van der Waals surface area contributed by atoms with Crippen molar-refractivity contribution < 1.29 is 15.3 Å². The maximum absolute atomic E-state index is 10.4. The minimum Gasteiger partial charge on any atom is -0.393 e. The average Bonchev–Trinajstić information content (AvgIpc) is 2.97. The first-order valence-electron chi connectivity index (χ1n) is 13.3. The molecule has 2 fully saturated rings. The molecular formula is C30H50O3. The molecule has 0 aromatic rings. The van der Waals surface area contributed by atoms with Crippen LogP contribution < -0.4 is 0 Å². The Hall–Kier alpha value is -1.08. The van der Waals surface area contributed by atoms with Crippen molar-refractivity contribution in [1.82, 2.24) is 0 Å². The van der Waals surface area contributed by atoms with Gasteiger partial charge in [-0.3, -0.25) is 0 Å². The summed E-state index contributed by atoms with van der Waals surface area (Å²) in [6.45, 7) is 16.0. The van der Waals surface area contributed by atoms with Gasteiger partial charge in [0.15, 0.2) is 0 Å². The van der Waals surface area contributed by atoms with Gasteiger partial charge in [-0.1, -0.05) is 84.1 Å². The van der Waals surface area contributed by atoms with E-state index >= 15 is 0 Å². The SMILES string of the molecule is CCC(O)(C#CCC(C)C[C@@H](C)[C@@]1(C)CC[C@@H](/C=C/C=C2C[C@@H](O)C[C@H](O)C2)C1(C)C)CC. The molecule has 0 saturated heterocycles. The van der Waals surface area contributed by atoms with Gasteiger partial charge in [-0.15, -0.1) is 0 Å². The molecule has 3 heteroatoms. The van der Waals surface area contributed by atoms with Crippen molar-refractivity contribution in [2.24, 2.45) is 28.6 Å². The van der Waals surface area contributed by atoms with E-state index in [1.54, 1.807) is 0 Å². The van der Waals surface area contributed by atoms with Gasteiger partial charge in [0.1, 0.15) is 5.60 Å². The van der Waals surface area contributed by atoms with E-state index in [1.807, 2.05) is 13.8 Å². The van der Waals surface area contributed by atoms with Crippen LogP contribution in [0, 0.1) is 40.4 Å². The summed E-state index contributed by atoms with van der Waals surface area (Å²) in [5.74, 6) is 8.04. The van der Waals surface area contributed by atoms with Crippen LogP contribution in [0.2, 0.25) is 0 Å². The summed E-state index contributed by atoms with van der Waals surface area (Å²) < 4.78 is 0. The second-order valence-electron chi connectivity index (χ2n) is 11.9. The summed E-state index contributed by atoms with van der Waals surface area (Å²) >= 11 is 0. The van der Waals surface area contributed by atoms with Gasteiger partial charge in [0.2, 0.25) is 0 Å². The lowest BCUT2D eigenvalue weighted by Gasteiger charge is -2.46. The molecule has 188 valence electrons. The molecule has 2 rings (SSSR count). The van der Waals surface area contributed by atoms with E-state index in [0.29, 0.717) is 49.9 Å². The molecule has 0 aliphatic heterocycles. The molecule has 0 radical (unpaired) electrons. The standard InChI is InChI=1S/C30H50O3/c1-8-30(33,9-2)16-11-12-22(3)18-23(4)29(7)17-15-25(28(29,5)6)14-10-13-24-19-26(31)21-27(32)20-24/h10,13-14,22-23,25-27,31-33H,8-9,12,15,17-21H2,1-7H3/b14-10+/t22?,23-,25-,26-,27-,29-/m1/s1. The van der Waals surface area contributed by atoms with Crippen LogP contribution in [0.1, 0.15) is 106 Å². The zero-order valence-corrected chi connectivity index (χ0v) is 22.3. The predicted octanol–water partition coefficient (Wildman–Crippen LogP) is 6.42. The van der Waals surface area contributed by atoms with Crippen LogP contribution >= 0.6 is 0 Å². The predicted molar refractivity (Wildman–Crippen MR) is 139 cm³/mol. The van der Waals surface area contributed by atoms with Crippen molar-refractivity contribution in [2.45, 2.75) is 124 Å². The van der Waals surface area contributed by atoms with Crippen LogP contribution in [0.4, 0.5) is 0 Å². The Kier molecular flexibility index (Phi) is 9.87. The number of hydrogen-bond donors (Lipinski definition) is 3. The van der Waals surface area contributed by atoms with Crippen LogP contribution in [-0.4, -0.2) is 33.1 Å². The van der Waals surface area contributed by atoms with E-state index in [4.69, 9.17) is 0 Å². The highest BCUT2D eigenvalue weighted by atomic mass is 16.3. The van der Waals surface area contributed by atoms with E-state index in [9.17, 15) is 15.3 Å². The lowest BCUT2D eigenvalue weighted by Crippen LogP contribution is -2.39. The number of allylic oxidation sites excluding steroid dienone is 3. The quantitative estimate of drug-likeness (QED) is 0.368. The van der Waals surface area contributed by atoms with Crippen molar-refractivity contribution >= 4 is 0 Å². The Morgan fingerprint density at radius 2 is 1.70 bits per heavy atom. The molecule has 3 N–H and O–H groups in total. The van der Waals surface area contributed by atoms with Crippen molar-refractivity contribution in [3.8, 4) is 11.8 Å². The topological polar surface area (TPSA) is 60.7 Å². The highest BCUT2D eigenvalue weighted by Gasteiger charge is 2.52. The van der Waals surface area contributed by atoms with Gasteiger partial charge in [0.25, 0.3) is 0 Å². The molecule has 2 aliphatic rings. The molecule has 0 aromatic carbocycles. The molecule has 1 unspecified atom stereocenters. The van der Waals surface area contributed by atoms with Crippen LogP contribution in [0.3, 0.4) is 0 Å². The van der Waals surface area contributed by atoms with Crippen molar-refractivity contribution in [3.05, 3.63) is 23.8 Å². The van der Waals surface area contributed by atoms with E-state index in [1.165, 1.54) is 12.8 Å². The van der Waals surface area contributed by atoms with Crippen LogP contribution in [0.15, 0.2) is 23.8 Å². The fraction of sp³-hybridized carbons (Fsp3) is 0.800. The fourth-order valence-electron chi connectivity index (χ4n) is 6.17. The third kappa shape index (κ3) is 6.97. The third-order valence-corrected chi connectivity index (χ3v) is 9.37. The molecule has 3 nitrogen and oxygen atoms in total. The maximum Gasteiger partial charge on any atom is 0.125 e. The smallest absolute Gasteiger partial charge is 0.125 e. The highest BCUT2D eigenvalue weighted by molar-refractivity contribution is 5.19. The van der Waals surface area contributed by atoms with Gasteiger partial charge in [0, 0.05) is 6.42 Å². The molecule has 6 atom stereocenters. The second-order valence-corrected chi connectivity index (χ2v) is 11.9. The van der Waals surface area contributed by atoms with Crippen molar-refractivity contribution in [3.63, 3.8) is 0 Å². The summed E-state index contributed by atoms with van der Waals surface area (Å²) in [7, 11) is 0. The first-order valence-corrected chi connectivity index (χ1v) is 13.3. The summed E-state index contributed by atoms with van der Waals surface area (Å²) in [5, 5.41) is 30.2. The van der Waals surface area contributed by atoms with E-state index < -0.39 is 17.8 Å². The van der Waals surface area contributed by atoms with E-state index in [2.05, 4.69) is 64.7 Å². The minimum atomic E-state index is -0.826. The molecule has 0 heterocycles. The lowest BCUT2D eigenvalue weighted by molar-refractivity contribution is 0.0346. The number of aliphatic hydroxyl groups excluding tert-OH is 2. The summed E-state index contributed by atoms with van der Waals surface area (Å²) in [5.41, 5.74) is 0.787. The van der Waals surface area contributed by atoms with Gasteiger partial charge in [-0.05, 0) is 80.0 Å². The monoisotopic (exact) mass is 458 g/mol. The maximum atomic E-state index is 10.4. The highest BCUT2D eigenvalue weighted by Crippen LogP contribution is 2.61. The molecule has 2 aliphatic carbocycles. The summed E-state index contributed by atoms with van der Waals surface area (Å²) in [4.78, 5) is 0. The van der Waals surface area contributed by atoms with Crippen molar-refractivity contribution in [1.29, 1.82) is 0 Å². The van der Waals surface area contributed by atoms with Gasteiger partial charge in [-0.2, -0.15) is 0 Å². The zero-order valence-electron chi connectivity index (χ0n) is 22.3. The number of hydrogen-bond acceptors (Lipinski definition) is 3. The Morgan fingerprint density at radius 3 is 2.27 bits per heavy atom. The molecule has 0 aromatic heterocycles. The lowest BCUT2D eigenvalue weighted by atomic mass is 9.58. The van der Waals surface area contributed by atoms with Crippen molar-refractivity contribution in [2.75, 3.05) is 0 Å². The Morgan fingerprint density at radius 1 is 1.09 bits per heavy atom. The summed E-state index contributed by atoms with van der Waals surface area (Å²) in [6, 6.07) is 0. The van der Waals surface area contributed by atoms with E-state index in [-0.39, 0.29) is 10.8 Å². The average molecular weight is 459 g/mol. The minimum absolute atomic E-state index is 0.198. The van der Waals surface area contributed by atoms with E-state index in [0.717, 1.165) is 18.4 Å². The first kappa shape index (κ1) is 28.2. The molecule has 0 spiro atoms. The van der Waals surface area contributed by atoms with Gasteiger partial charge >= 0.3 is 0 Å². The number of aliphatic hydroxyl groups is 3. The zero-order chi connectivity index (χ0) is 24.9. The van der Waals surface area contributed by atoms with Crippen LogP contribution in [0.5, 0.6) is 0 Å². The van der Waals surface area contributed by atoms with Gasteiger partial charge < -0.3 is 15.3 Å². The molecule has 0 amide bonds. The Balaban J connectivity index is 1.99. The number of rotatable bonds is 8. The fourth-order valence-corrected chi connectivity index (χ4v) is 6.17. The molecular weight excluding hydrogens is 408 g/mol. The Labute approximate surface area is 203 Å².